The highest BCUT2D eigenvalue weighted by Gasteiger charge is 1.96. The molecule has 0 aliphatic rings. The van der Waals surface area contributed by atoms with Gasteiger partial charge in [-0.3, -0.25) is 4.99 Å². The highest BCUT2D eigenvalue weighted by Crippen LogP contribution is 2.19. The van der Waals surface area contributed by atoms with Crippen molar-refractivity contribution in [3.05, 3.63) is 33.8 Å². The molecule has 0 spiro atoms. The Kier molecular flexibility index (Phi) is 8.38. The molecule has 0 saturated carbocycles. The van der Waals surface area contributed by atoms with Crippen molar-refractivity contribution in [3.8, 4) is 11.8 Å². The fourth-order valence-corrected chi connectivity index (χ4v) is 2.04. The van der Waals surface area contributed by atoms with Crippen LogP contribution in [0, 0.1) is 11.8 Å². The van der Waals surface area contributed by atoms with Gasteiger partial charge in [0.05, 0.1) is 11.6 Å². The second kappa shape index (κ2) is 9.89. The summed E-state index contributed by atoms with van der Waals surface area (Å²) in [5.74, 6) is 6.18. The van der Waals surface area contributed by atoms with Crippen molar-refractivity contribution < 1.29 is 0 Å². The summed E-state index contributed by atoms with van der Waals surface area (Å²) < 4.78 is 0. The van der Waals surface area contributed by atoms with Crippen LogP contribution >= 0.6 is 23.2 Å². The Labute approximate surface area is 126 Å². The molecule has 0 radical (unpaired) electrons. The average Bonchev–Trinajstić information content (AvgIpc) is 2.39. The second-order valence-electron chi connectivity index (χ2n) is 4.30. The number of hydrogen-bond donors (Lipinski definition) is 0. The molecule has 0 aliphatic carbocycles. The van der Waals surface area contributed by atoms with Gasteiger partial charge < -0.3 is 0 Å². The predicted molar refractivity (Wildman–Crippen MR) is 85.5 cm³/mol. The monoisotopic (exact) mass is 295 g/mol. The van der Waals surface area contributed by atoms with Crippen molar-refractivity contribution in [3.63, 3.8) is 0 Å². The number of hydrogen-bond acceptors (Lipinski definition) is 1. The summed E-state index contributed by atoms with van der Waals surface area (Å²) in [6, 6.07) is 5.37. The molecule has 1 rings (SSSR count). The first-order valence-electron chi connectivity index (χ1n) is 6.64. The van der Waals surface area contributed by atoms with Gasteiger partial charge >= 0.3 is 0 Å². The Morgan fingerprint density at radius 3 is 2.74 bits per heavy atom. The van der Waals surface area contributed by atoms with E-state index in [2.05, 4.69) is 23.8 Å². The Morgan fingerprint density at radius 1 is 1.16 bits per heavy atom. The Hall–Kier alpha value is -0.970. The fraction of sp³-hybridized carbons (Fsp3) is 0.438. The van der Waals surface area contributed by atoms with E-state index in [4.69, 9.17) is 23.2 Å². The van der Waals surface area contributed by atoms with E-state index in [1.54, 1.807) is 18.3 Å². The predicted octanol–water partition coefficient (Wildman–Crippen LogP) is 5.39. The number of unbranched alkanes of at least 4 members (excludes halogenated alkanes) is 4. The normalized spacial score (nSPS) is 10.5. The topological polar surface area (TPSA) is 12.4 Å². The summed E-state index contributed by atoms with van der Waals surface area (Å²) in [6.45, 7) is 2.73. The van der Waals surface area contributed by atoms with Crippen molar-refractivity contribution in [2.24, 2.45) is 4.99 Å². The van der Waals surface area contributed by atoms with Crippen LogP contribution in [-0.2, 0) is 0 Å². The maximum Gasteiger partial charge on any atom is 0.0997 e. The van der Waals surface area contributed by atoms with Gasteiger partial charge in [0.2, 0.25) is 0 Å². The van der Waals surface area contributed by atoms with Gasteiger partial charge in [0, 0.05) is 23.2 Å². The lowest BCUT2D eigenvalue weighted by Gasteiger charge is -1.97. The van der Waals surface area contributed by atoms with E-state index >= 15 is 0 Å². The Morgan fingerprint density at radius 2 is 2.00 bits per heavy atom. The Bertz CT molecular complexity index is 469. The lowest BCUT2D eigenvalue weighted by molar-refractivity contribution is 0.679. The summed E-state index contributed by atoms with van der Waals surface area (Å²) in [7, 11) is 0. The summed E-state index contributed by atoms with van der Waals surface area (Å²) in [5, 5.41) is 1.25. The molecule has 0 aliphatic heterocycles. The molecule has 102 valence electrons. The molecule has 19 heavy (non-hydrogen) atoms. The van der Waals surface area contributed by atoms with Crippen LogP contribution < -0.4 is 0 Å². The van der Waals surface area contributed by atoms with Gasteiger partial charge in [0.25, 0.3) is 0 Å². The zero-order valence-corrected chi connectivity index (χ0v) is 12.8. The van der Waals surface area contributed by atoms with E-state index in [1.807, 2.05) is 6.07 Å². The molecule has 0 aromatic heterocycles. The van der Waals surface area contributed by atoms with Crippen molar-refractivity contribution in [2.45, 2.75) is 39.0 Å². The first kappa shape index (κ1) is 16.1. The number of benzene rings is 1. The maximum absolute atomic E-state index is 6.03. The summed E-state index contributed by atoms with van der Waals surface area (Å²) >= 11 is 11.8. The van der Waals surface area contributed by atoms with Crippen molar-refractivity contribution in [1.29, 1.82) is 0 Å². The van der Waals surface area contributed by atoms with Crippen molar-refractivity contribution in [2.75, 3.05) is 6.54 Å². The van der Waals surface area contributed by atoms with Crippen LogP contribution in [0.5, 0.6) is 0 Å². The van der Waals surface area contributed by atoms with Crippen LogP contribution in [0.3, 0.4) is 0 Å². The minimum atomic E-state index is 0.521. The van der Waals surface area contributed by atoms with Crippen molar-refractivity contribution in [1.82, 2.24) is 0 Å². The van der Waals surface area contributed by atoms with E-state index in [0.717, 1.165) is 12.0 Å². The molecule has 1 aromatic carbocycles. The maximum atomic E-state index is 6.03. The first-order chi connectivity index (χ1) is 9.24. The van der Waals surface area contributed by atoms with Crippen LogP contribution in [-0.4, -0.2) is 12.8 Å². The molecular formula is C16H19Cl2N. The van der Waals surface area contributed by atoms with Gasteiger partial charge in [-0.25, -0.2) is 0 Å². The summed E-state index contributed by atoms with van der Waals surface area (Å²) in [5.41, 5.74) is 0.871. The molecule has 0 amide bonds. The van der Waals surface area contributed by atoms with Gasteiger partial charge in [0.1, 0.15) is 0 Å². The number of aliphatic imine (C=N–C) groups is 1. The molecule has 3 heteroatoms. The minimum absolute atomic E-state index is 0.521. The van der Waals surface area contributed by atoms with E-state index < -0.39 is 0 Å². The molecule has 0 heterocycles. The van der Waals surface area contributed by atoms with E-state index in [0.29, 0.717) is 16.6 Å². The highest BCUT2D eigenvalue weighted by molar-refractivity contribution is 6.36. The zero-order chi connectivity index (χ0) is 13.9. The lowest BCUT2D eigenvalue weighted by Crippen LogP contribution is -1.84. The molecular weight excluding hydrogens is 277 g/mol. The quantitative estimate of drug-likeness (QED) is 0.379. The van der Waals surface area contributed by atoms with Crippen LogP contribution in [0.25, 0.3) is 0 Å². The summed E-state index contributed by atoms with van der Waals surface area (Å²) in [4.78, 5) is 4.24. The number of halogens is 2. The van der Waals surface area contributed by atoms with E-state index in [1.165, 1.54) is 25.7 Å². The Balaban J connectivity index is 2.28. The standard InChI is InChI=1S/C16H19Cl2N/c1-2-3-4-5-6-7-8-11-19-13-14-9-10-15(17)12-16(14)18/h9-10,12-13H,2-6,11H2,1H3/b19-13+. The van der Waals surface area contributed by atoms with E-state index in [-0.39, 0.29) is 0 Å². The molecule has 0 N–H and O–H groups in total. The largest absolute Gasteiger partial charge is 0.280 e. The van der Waals surface area contributed by atoms with Crippen LogP contribution in [0.1, 0.15) is 44.6 Å². The highest BCUT2D eigenvalue weighted by atomic mass is 35.5. The number of rotatable bonds is 6. The van der Waals surface area contributed by atoms with Crippen LogP contribution in [0.4, 0.5) is 0 Å². The smallest absolute Gasteiger partial charge is 0.0997 e. The van der Waals surface area contributed by atoms with Crippen molar-refractivity contribution >= 4 is 29.4 Å². The fourth-order valence-electron chi connectivity index (χ4n) is 1.58. The molecule has 1 aromatic rings. The molecule has 0 fully saturated rings. The second-order valence-corrected chi connectivity index (χ2v) is 5.14. The SMILES string of the molecule is CCCCCCC#CC/N=C/c1ccc(Cl)cc1Cl. The third-order valence-electron chi connectivity index (χ3n) is 2.64. The molecule has 1 nitrogen and oxygen atoms in total. The van der Waals surface area contributed by atoms with Gasteiger partial charge in [-0.1, -0.05) is 61.4 Å². The lowest BCUT2D eigenvalue weighted by atomic mass is 10.2. The minimum Gasteiger partial charge on any atom is -0.280 e. The first-order valence-corrected chi connectivity index (χ1v) is 7.40. The third kappa shape index (κ3) is 7.25. The third-order valence-corrected chi connectivity index (χ3v) is 3.21. The molecule has 0 atom stereocenters. The average molecular weight is 296 g/mol. The van der Waals surface area contributed by atoms with Crippen LogP contribution in [0.15, 0.2) is 23.2 Å². The van der Waals surface area contributed by atoms with Gasteiger partial charge in [0.15, 0.2) is 0 Å². The molecule has 0 bridgehead atoms. The molecule has 0 saturated heterocycles. The van der Waals surface area contributed by atoms with Crippen LogP contribution in [0.2, 0.25) is 10.0 Å². The molecule has 0 unspecified atom stereocenters. The van der Waals surface area contributed by atoms with Gasteiger partial charge in [-0.2, -0.15) is 0 Å². The van der Waals surface area contributed by atoms with Gasteiger partial charge in [-0.15, -0.1) is 5.92 Å². The summed E-state index contributed by atoms with van der Waals surface area (Å²) in [6.07, 6.45) is 7.73. The van der Waals surface area contributed by atoms with Gasteiger partial charge in [-0.05, 0) is 18.6 Å². The van der Waals surface area contributed by atoms with E-state index in [9.17, 15) is 0 Å². The zero-order valence-electron chi connectivity index (χ0n) is 11.3. The number of nitrogens with zero attached hydrogens (tertiary/aromatic N) is 1.